The standard InChI is InChI=1S/C15H12FN3O/c1-9-7-11(16)4-5-12(9)14-13(15(17)19-20-14)10-3-2-6-18-8-10/h2-8H,1H3,(H2,17,19). The molecule has 4 nitrogen and oxygen atoms in total. The highest BCUT2D eigenvalue weighted by molar-refractivity contribution is 5.87. The number of nitrogen functional groups attached to an aromatic ring is 1. The normalized spacial score (nSPS) is 10.7. The molecule has 2 heterocycles. The molecule has 0 saturated carbocycles. The first kappa shape index (κ1) is 12.3. The van der Waals surface area contributed by atoms with Crippen LogP contribution >= 0.6 is 0 Å². The van der Waals surface area contributed by atoms with Gasteiger partial charge in [-0.15, -0.1) is 0 Å². The largest absolute Gasteiger partial charge is 0.380 e. The Morgan fingerprint density at radius 3 is 2.80 bits per heavy atom. The van der Waals surface area contributed by atoms with E-state index in [1.54, 1.807) is 18.5 Å². The molecular formula is C15H12FN3O. The summed E-state index contributed by atoms with van der Waals surface area (Å²) in [4.78, 5) is 4.07. The number of anilines is 1. The molecule has 0 atom stereocenters. The monoisotopic (exact) mass is 269 g/mol. The molecule has 0 aliphatic heterocycles. The number of aromatic nitrogens is 2. The third kappa shape index (κ3) is 2.03. The summed E-state index contributed by atoms with van der Waals surface area (Å²) >= 11 is 0. The van der Waals surface area contributed by atoms with Gasteiger partial charge in [0.25, 0.3) is 0 Å². The molecule has 20 heavy (non-hydrogen) atoms. The Labute approximate surface area is 115 Å². The van der Waals surface area contributed by atoms with Crippen molar-refractivity contribution in [2.75, 3.05) is 5.73 Å². The second kappa shape index (κ2) is 4.77. The van der Waals surface area contributed by atoms with Gasteiger partial charge in [-0.2, -0.15) is 0 Å². The van der Waals surface area contributed by atoms with E-state index >= 15 is 0 Å². The van der Waals surface area contributed by atoms with Crippen LogP contribution in [0.25, 0.3) is 22.5 Å². The summed E-state index contributed by atoms with van der Waals surface area (Å²) in [6.45, 7) is 1.81. The maximum Gasteiger partial charge on any atom is 0.177 e. The van der Waals surface area contributed by atoms with Gasteiger partial charge in [-0.25, -0.2) is 4.39 Å². The second-order valence-corrected chi connectivity index (χ2v) is 4.47. The van der Waals surface area contributed by atoms with Crippen LogP contribution in [0.5, 0.6) is 0 Å². The Kier molecular flexibility index (Phi) is 2.95. The highest BCUT2D eigenvalue weighted by Crippen LogP contribution is 2.37. The van der Waals surface area contributed by atoms with Crippen LogP contribution in [0.15, 0.2) is 47.2 Å². The van der Waals surface area contributed by atoms with Crippen molar-refractivity contribution in [1.29, 1.82) is 0 Å². The summed E-state index contributed by atoms with van der Waals surface area (Å²) in [5, 5.41) is 3.81. The lowest BCUT2D eigenvalue weighted by atomic mass is 9.99. The summed E-state index contributed by atoms with van der Waals surface area (Å²) in [5.74, 6) is 0.520. The van der Waals surface area contributed by atoms with Gasteiger partial charge in [-0.05, 0) is 36.8 Å². The second-order valence-electron chi connectivity index (χ2n) is 4.47. The molecule has 100 valence electrons. The third-order valence-corrected chi connectivity index (χ3v) is 3.10. The van der Waals surface area contributed by atoms with Crippen molar-refractivity contribution in [3.8, 4) is 22.5 Å². The van der Waals surface area contributed by atoms with Gasteiger partial charge in [-0.3, -0.25) is 4.98 Å². The molecule has 0 aliphatic rings. The van der Waals surface area contributed by atoms with E-state index in [0.717, 1.165) is 16.7 Å². The van der Waals surface area contributed by atoms with E-state index in [9.17, 15) is 4.39 Å². The molecule has 0 unspecified atom stereocenters. The third-order valence-electron chi connectivity index (χ3n) is 3.10. The zero-order valence-electron chi connectivity index (χ0n) is 10.8. The molecular weight excluding hydrogens is 257 g/mol. The smallest absolute Gasteiger partial charge is 0.177 e. The van der Waals surface area contributed by atoms with Crippen LogP contribution in [-0.4, -0.2) is 10.1 Å². The van der Waals surface area contributed by atoms with E-state index in [1.807, 2.05) is 19.1 Å². The Hall–Kier alpha value is -2.69. The SMILES string of the molecule is Cc1cc(F)ccc1-c1onc(N)c1-c1cccnc1. The van der Waals surface area contributed by atoms with Crippen molar-refractivity contribution in [3.63, 3.8) is 0 Å². The molecule has 0 aliphatic carbocycles. The van der Waals surface area contributed by atoms with Crippen molar-refractivity contribution < 1.29 is 8.91 Å². The van der Waals surface area contributed by atoms with E-state index in [0.29, 0.717) is 11.3 Å². The molecule has 0 fully saturated rings. The maximum absolute atomic E-state index is 13.2. The number of hydrogen-bond donors (Lipinski definition) is 1. The lowest BCUT2D eigenvalue weighted by Gasteiger charge is -2.05. The van der Waals surface area contributed by atoms with E-state index in [1.165, 1.54) is 12.1 Å². The fraction of sp³-hybridized carbons (Fsp3) is 0.0667. The van der Waals surface area contributed by atoms with Crippen LogP contribution in [0.3, 0.4) is 0 Å². The van der Waals surface area contributed by atoms with Gasteiger partial charge >= 0.3 is 0 Å². The Balaban J connectivity index is 2.21. The average Bonchev–Trinajstić information content (AvgIpc) is 2.81. The van der Waals surface area contributed by atoms with Crippen molar-refractivity contribution >= 4 is 5.82 Å². The highest BCUT2D eigenvalue weighted by atomic mass is 19.1. The van der Waals surface area contributed by atoms with Gasteiger partial charge < -0.3 is 10.3 Å². The van der Waals surface area contributed by atoms with Gasteiger partial charge in [0.2, 0.25) is 0 Å². The first-order valence-electron chi connectivity index (χ1n) is 6.09. The molecule has 2 aromatic heterocycles. The van der Waals surface area contributed by atoms with Gasteiger partial charge in [-0.1, -0.05) is 11.2 Å². The zero-order valence-corrected chi connectivity index (χ0v) is 10.8. The number of nitrogens with two attached hydrogens (primary N) is 1. The number of halogens is 1. The Morgan fingerprint density at radius 2 is 2.10 bits per heavy atom. The van der Waals surface area contributed by atoms with Crippen LogP contribution in [0, 0.1) is 12.7 Å². The number of hydrogen-bond acceptors (Lipinski definition) is 4. The van der Waals surface area contributed by atoms with Gasteiger partial charge in [0.05, 0.1) is 5.56 Å². The molecule has 0 spiro atoms. The molecule has 0 amide bonds. The summed E-state index contributed by atoms with van der Waals surface area (Å²) < 4.78 is 18.5. The number of benzene rings is 1. The molecule has 3 aromatic rings. The minimum Gasteiger partial charge on any atom is -0.380 e. The van der Waals surface area contributed by atoms with Gasteiger partial charge in [0, 0.05) is 23.5 Å². The fourth-order valence-electron chi connectivity index (χ4n) is 2.16. The van der Waals surface area contributed by atoms with Crippen LogP contribution < -0.4 is 5.73 Å². The minimum absolute atomic E-state index is 0.289. The van der Waals surface area contributed by atoms with Crippen LogP contribution in [-0.2, 0) is 0 Å². The Bertz CT molecular complexity index is 753. The number of nitrogens with zero attached hydrogens (tertiary/aromatic N) is 2. The highest BCUT2D eigenvalue weighted by Gasteiger charge is 2.19. The first-order chi connectivity index (χ1) is 9.66. The molecule has 1 aromatic carbocycles. The lowest BCUT2D eigenvalue weighted by Crippen LogP contribution is -1.90. The molecule has 5 heteroatoms. The van der Waals surface area contributed by atoms with Crippen molar-refractivity contribution in [3.05, 3.63) is 54.1 Å². The molecule has 0 saturated heterocycles. The van der Waals surface area contributed by atoms with E-state index in [-0.39, 0.29) is 11.6 Å². The minimum atomic E-state index is -0.290. The predicted octanol–water partition coefficient (Wildman–Crippen LogP) is 3.43. The van der Waals surface area contributed by atoms with Crippen LogP contribution in [0.1, 0.15) is 5.56 Å². The number of rotatable bonds is 2. The zero-order chi connectivity index (χ0) is 14.1. The first-order valence-corrected chi connectivity index (χ1v) is 6.09. The summed E-state index contributed by atoms with van der Waals surface area (Å²) in [7, 11) is 0. The molecule has 0 radical (unpaired) electrons. The van der Waals surface area contributed by atoms with Crippen LogP contribution in [0.4, 0.5) is 10.2 Å². The van der Waals surface area contributed by atoms with Crippen molar-refractivity contribution in [1.82, 2.24) is 10.1 Å². The average molecular weight is 269 g/mol. The predicted molar refractivity (Wildman–Crippen MR) is 74.3 cm³/mol. The number of aryl methyl sites for hydroxylation is 1. The van der Waals surface area contributed by atoms with Crippen LogP contribution in [0.2, 0.25) is 0 Å². The van der Waals surface area contributed by atoms with Gasteiger partial charge in [0.15, 0.2) is 11.6 Å². The van der Waals surface area contributed by atoms with Gasteiger partial charge in [0.1, 0.15) is 5.82 Å². The molecule has 0 bridgehead atoms. The van der Waals surface area contributed by atoms with E-state index < -0.39 is 0 Å². The van der Waals surface area contributed by atoms with Crippen molar-refractivity contribution in [2.45, 2.75) is 6.92 Å². The fourth-order valence-corrected chi connectivity index (χ4v) is 2.16. The molecule has 2 N–H and O–H groups in total. The topological polar surface area (TPSA) is 64.9 Å². The van der Waals surface area contributed by atoms with E-state index in [4.69, 9.17) is 10.3 Å². The quantitative estimate of drug-likeness (QED) is 0.774. The maximum atomic E-state index is 13.2. The summed E-state index contributed by atoms with van der Waals surface area (Å²) in [6, 6.07) is 8.17. The molecule has 3 rings (SSSR count). The van der Waals surface area contributed by atoms with Crippen molar-refractivity contribution in [2.24, 2.45) is 0 Å². The number of pyridine rings is 1. The summed E-state index contributed by atoms with van der Waals surface area (Å²) in [6.07, 6.45) is 3.36. The Morgan fingerprint density at radius 1 is 1.25 bits per heavy atom. The lowest BCUT2D eigenvalue weighted by molar-refractivity contribution is 0.436. The summed E-state index contributed by atoms with van der Waals surface area (Å²) in [5.41, 5.74) is 8.88. The van der Waals surface area contributed by atoms with E-state index in [2.05, 4.69) is 10.1 Å².